The molecule has 78 valence electrons. The van der Waals surface area contributed by atoms with Gasteiger partial charge in [0.2, 0.25) is 0 Å². The van der Waals surface area contributed by atoms with Crippen LogP contribution in [0.5, 0.6) is 0 Å². The van der Waals surface area contributed by atoms with Crippen molar-refractivity contribution in [3.63, 3.8) is 0 Å². The van der Waals surface area contributed by atoms with Gasteiger partial charge in [0.25, 0.3) is 0 Å². The van der Waals surface area contributed by atoms with Crippen LogP contribution in [0.4, 0.5) is 0 Å². The fourth-order valence-corrected chi connectivity index (χ4v) is 1.55. The van der Waals surface area contributed by atoms with Crippen molar-refractivity contribution in [3.8, 4) is 0 Å². The van der Waals surface area contributed by atoms with Crippen LogP contribution in [0.1, 0.15) is 19.8 Å². The minimum Gasteiger partial charge on any atom is -0.469 e. The Kier molecular flexibility index (Phi) is 3.68. The summed E-state index contributed by atoms with van der Waals surface area (Å²) in [5.74, 6) is -0.648. The monoisotopic (exact) mass is 198 g/mol. The number of carbonyl (C=O) groups excluding carboxylic acids is 2. The van der Waals surface area contributed by atoms with Gasteiger partial charge in [-0.1, -0.05) is 6.08 Å². The van der Waals surface area contributed by atoms with Gasteiger partial charge in [-0.2, -0.15) is 0 Å². The summed E-state index contributed by atoms with van der Waals surface area (Å²) in [5.41, 5.74) is 0.585. The Labute approximate surface area is 82.9 Å². The highest BCUT2D eigenvalue weighted by Gasteiger charge is 2.28. The third-order valence-corrected chi connectivity index (χ3v) is 2.33. The fourth-order valence-electron chi connectivity index (χ4n) is 1.55. The SMILES string of the molecule is C/C=C1/C(=O)OCC[C@@H]1CC(=O)OC. The van der Waals surface area contributed by atoms with Crippen LogP contribution in [0.2, 0.25) is 0 Å². The number of ether oxygens (including phenoxy) is 2. The Bertz CT molecular complexity index is 267. The first-order chi connectivity index (χ1) is 6.69. The molecule has 0 saturated carbocycles. The van der Waals surface area contributed by atoms with Crippen LogP contribution >= 0.6 is 0 Å². The summed E-state index contributed by atoms with van der Waals surface area (Å²) in [7, 11) is 1.35. The van der Waals surface area contributed by atoms with Gasteiger partial charge in [-0.15, -0.1) is 0 Å². The number of methoxy groups -OCH3 is 1. The third-order valence-electron chi connectivity index (χ3n) is 2.33. The molecule has 1 rings (SSSR count). The number of hydrogen-bond acceptors (Lipinski definition) is 4. The van der Waals surface area contributed by atoms with Gasteiger partial charge >= 0.3 is 11.9 Å². The van der Waals surface area contributed by atoms with Gasteiger partial charge < -0.3 is 9.47 Å². The van der Waals surface area contributed by atoms with Gasteiger partial charge in [0, 0.05) is 11.5 Å². The highest BCUT2D eigenvalue weighted by molar-refractivity contribution is 5.90. The lowest BCUT2D eigenvalue weighted by atomic mass is 9.90. The molecule has 1 saturated heterocycles. The summed E-state index contributed by atoms with van der Waals surface area (Å²) in [6, 6.07) is 0. The molecule has 0 bridgehead atoms. The Morgan fingerprint density at radius 3 is 3.00 bits per heavy atom. The van der Waals surface area contributed by atoms with E-state index in [1.54, 1.807) is 13.0 Å². The molecule has 0 aromatic rings. The molecule has 0 aliphatic carbocycles. The Morgan fingerprint density at radius 1 is 1.71 bits per heavy atom. The zero-order chi connectivity index (χ0) is 10.6. The highest BCUT2D eigenvalue weighted by atomic mass is 16.5. The van der Waals surface area contributed by atoms with E-state index in [1.807, 2.05) is 0 Å². The summed E-state index contributed by atoms with van der Waals surface area (Å²) >= 11 is 0. The van der Waals surface area contributed by atoms with E-state index in [9.17, 15) is 9.59 Å². The van der Waals surface area contributed by atoms with Crippen molar-refractivity contribution < 1.29 is 19.1 Å². The number of rotatable bonds is 2. The Balaban J connectivity index is 2.66. The van der Waals surface area contributed by atoms with Crippen LogP contribution in [0.15, 0.2) is 11.6 Å². The molecule has 0 spiro atoms. The standard InChI is InChI=1S/C10H14O4/c1-3-8-7(6-9(11)13-2)4-5-14-10(8)12/h3,7H,4-6H2,1-2H3/b8-3+/t7-/m1/s1. The summed E-state index contributed by atoms with van der Waals surface area (Å²) < 4.78 is 9.43. The predicted molar refractivity (Wildman–Crippen MR) is 49.5 cm³/mol. The van der Waals surface area contributed by atoms with Crippen molar-refractivity contribution in [1.29, 1.82) is 0 Å². The molecule has 1 aliphatic rings. The van der Waals surface area contributed by atoms with Gasteiger partial charge in [-0.25, -0.2) is 4.79 Å². The van der Waals surface area contributed by atoms with Gasteiger partial charge in [0.1, 0.15) is 0 Å². The quantitative estimate of drug-likeness (QED) is 0.491. The summed E-state index contributed by atoms with van der Waals surface area (Å²) in [4.78, 5) is 22.3. The van der Waals surface area contributed by atoms with Crippen molar-refractivity contribution in [3.05, 3.63) is 11.6 Å². The van der Waals surface area contributed by atoms with E-state index in [-0.39, 0.29) is 24.3 Å². The number of esters is 2. The van der Waals surface area contributed by atoms with E-state index >= 15 is 0 Å². The average molecular weight is 198 g/mol. The van der Waals surface area contributed by atoms with Crippen molar-refractivity contribution in [2.45, 2.75) is 19.8 Å². The van der Waals surface area contributed by atoms with E-state index in [0.717, 1.165) is 0 Å². The van der Waals surface area contributed by atoms with Crippen molar-refractivity contribution in [2.75, 3.05) is 13.7 Å². The third kappa shape index (κ3) is 2.34. The molecule has 0 unspecified atom stereocenters. The largest absolute Gasteiger partial charge is 0.469 e. The second-order valence-electron chi connectivity index (χ2n) is 3.15. The molecule has 0 aromatic heterocycles. The molecule has 1 atom stereocenters. The van der Waals surface area contributed by atoms with Crippen molar-refractivity contribution in [2.24, 2.45) is 5.92 Å². The Morgan fingerprint density at radius 2 is 2.43 bits per heavy atom. The van der Waals surface area contributed by atoms with Gasteiger partial charge in [0.15, 0.2) is 0 Å². The van der Waals surface area contributed by atoms with Gasteiger partial charge in [-0.05, 0) is 13.3 Å². The van der Waals surface area contributed by atoms with Crippen molar-refractivity contribution in [1.82, 2.24) is 0 Å². The summed E-state index contributed by atoms with van der Waals surface area (Å²) in [6.45, 7) is 2.16. The maximum absolute atomic E-state index is 11.3. The van der Waals surface area contributed by atoms with Crippen molar-refractivity contribution >= 4 is 11.9 Å². The van der Waals surface area contributed by atoms with E-state index in [1.165, 1.54) is 7.11 Å². The zero-order valence-corrected chi connectivity index (χ0v) is 8.41. The first-order valence-electron chi connectivity index (χ1n) is 4.59. The molecule has 4 nitrogen and oxygen atoms in total. The van der Waals surface area contributed by atoms with Gasteiger partial charge in [-0.3, -0.25) is 4.79 Å². The van der Waals surface area contributed by atoms with Gasteiger partial charge in [0.05, 0.1) is 20.1 Å². The van der Waals surface area contributed by atoms with Crippen LogP contribution < -0.4 is 0 Å². The van der Waals surface area contributed by atoms with Crippen LogP contribution in [-0.2, 0) is 19.1 Å². The maximum atomic E-state index is 11.3. The zero-order valence-electron chi connectivity index (χ0n) is 8.41. The van der Waals surface area contributed by atoms with E-state index in [2.05, 4.69) is 4.74 Å². The minimum absolute atomic E-state index is 0.0475. The topological polar surface area (TPSA) is 52.6 Å². The lowest BCUT2D eigenvalue weighted by Crippen LogP contribution is -2.26. The molecule has 0 amide bonds. The number of hydrogen-bond donors (Lipinski definition) is 0. The maximum Gasteiger partial charge on any atom is 0.333 e. The smallest absolute Gasteiger partial charge is 0.333 e. The molecule has 1 aliphatic heterocycles. The molecular formula is C10H14O4. The number of allylic oxidation sites excluding steroid dienone is 1. The summed E-state index contributed by atoms with van der Waals surface area (Å²) in [6.07, 6.45) is 2.65. The first kappa shape index (κ1) is 10.8. The highest BCUT2D eigenvalue weighted by Crippen LogP contribution is 2.25. The van der Waals surface area contributed by atoms with E-state index < -0.39 is 0 Å². The Hall–Kier alpha value is -1.32. The molecule has 0 N–H and O–H groups in total. The van der Waals surface area contributed by atoms with Crippen LogP contribution in [-0.4, -0.2) is 25.7 Å². The number of carbonyl (C=O) groups is 2. The van der Waals surface area contributed by atoms with E-state index in [4.69, 9.17) is 4.74 Å². The van der Waals surface area contributed by atoms with Crippen LogP contribution in [0.3, 0.4) is 0 Å². The first-order valence-corrected chi connectivity index (χ1v) is 4.59. The molecular weight excluding hydrogens is 184 g/mol. The predicted octanol–water partition coefficient (Wildman–Crippen LogP) is 1.06. The van der Waals surface area contributed by atoms with Crippen LogP contribution in [0.25, 0.3) is 0 Å². The van der Waals surface area contributed by atoms with E-state index in [0.29, 0.717) is 18.6 Å². The molecule has 0 aromatic carbocycles. The summed E-state index contributed by atoms with van der Waals surface area (Å²) in [5, 5.41) is 0. The lowest BCUT2D eigenvalue weighted by molar-refractivity contribution is -0.145. The molecule has 1 heterocycles. The molecule has 4 heteroatoms. The molecule has 1 fully saturated rings. The lowest BCUT2D eigenvalue weighted by Gasteiger charge is -2.23. The fraction of sp³-hybridized carbons (Fsp3) is 0.600. The molecule has 0 radical (unpaired) electrons. The number of cyclic esters (lactones) is 1. The normalized spacial score (nSPS) is 24.6. The second-order valence-corrected chi connectivity index (χ2v) is 3.15. The average Bonchev–Trinajstić information content (AvgIpc) is 2.18. The van der Waals surface area contributed by atoms with Crippen LogP contribution in [0, 0.1) is 5.92 Å². The molecule has 14 heavy (non-hydrogen) atoms. The minimum atomic E-state index is -0.312. The second kappa shape index (κ2) is 4.79.